The van der Waals surface area contributed by atoms with Gasteiger partial charge in [-0.3, -0.25) is 24.6 Å². The van der Waals surface area contributed by atoms with Crippen LogP contribution < -0.4 is 5.32 Å². The number of carbonyl (C=O) groups is 2. The molecule has 9 nitrogen and oxygen atoms in total. The molecule has 32 heavy (non-hydrogen) atoms. The second kappa shape index (κ2) is 8.01. The monoisotopic (exact) mass is 459 g/mol. The summed E-state index contributed by atoms with van der Waals surface area (Å²) in [6.07, 6.45) is 0.682. The first-order chi connectivity index (χ1) is 15.4. The van der Waals surface area contributed by atoms with E-state index >= 15 is 0 Å². The van der Waals surface area contributed by atoms with Gasteiger partial charge in [0.15, 0.2) is 10.7 Å². The highest BCUT2D eigenvalue weighted by Crippen LogP contribution is 2.44. The van der Waals surface area contributed by atoms with Crippen molar-refractivity contribution in [1.29, 1.82) is 0 Å². The number of hydrogen-bond acceptors (Lipinski definition) is 7. The van der Waals surface area contributed by atoms with Crippen LogP contribution in [0.4, 0.5) is 13.9 Å². The van der Waals surface area contributed by atoms with Gasteiger partial charge in [0.1, 0.15) is 5.69 Å². The molecule has 12 heteroatoms. The van der Waals surface area contributed by atoms with Crippen LogP contribution in [0.15, 0.2) is 18.3 Å². The SMILES string of the molecule is Cc1ncccc1CN1CCn2nc(C(=O)Nc3nnc(C(F)F)s3)c(C3CC3)c2C1=O. The van der Waals surface area contributed by atoms with Gasteiger partial charge in [-0.2, -0.15) is 5.10 Å². The number of rotatable bonds is 6. The number of fused-ring (bicyclic) bond motifs is 1. The lowest BCUT2D eigenvalue weighted by Crippen LogP contribution is -2.40. The smallest absolute Gasteiger partial charge is 0.291 e. The summed E-state index contributed by atoms with van der Waals surface area (Å²) in [6, 6.07) is 3.78. The summed E-state index contributed by atoms with van der Waals surface area (Å²) in [5.41, 5.74) is 3.02. The van der Waals surface area contributed by atoms with Crippen LogP contribution >= 0.6 is 11.3 Å². The molecule has 0 atom stereocenters. The van der Waals surface area contributed by atoms with E-state index in [-0.39, 0.29) is 22.7 Å². The summed E-state index contributed by atoms with van der Waals surface area (Å²) in [7, 11) is 0. The summed E-state index contributed by atoms with van der Waals surface area (Å²) in [6.45, 7) is 3.25. The predicted molar refractivity (Wildman–Crippen MR) is 111 cm³/mol. The maximum atomic E-state index is 13.4. The lowest BCUT2D eigenvalue weighted by Gasteiger charge is -2.28. The largest absolute Gasteiger partial charge is 0.331 e. The van der Waals surface area contributed by atoms with Crippen LogP contribution in [-0.4, -0.2) is 48.2 Å². The molecular weight excluding hydrogens is 440 g/mol. The fourth-order valence-electron chi connectivity index (χ4n) is 3.83. The fourth-order valence-corrected chi connectivity index (χ4v) is 4.42. The molecule has 3 aromatic heterocycles. The van der Waals surface area contributed by atoms with Crippen molar-refractivity contribution in [3.63, 3.8) is 0 Å². The number of amides is 2. The number of hydrogen-bond donors (Lipinski definition) is 1. The maximum Gasteiger partial charge on any atom is 0.291 e. The van der Waals surface area contributed by atoms with E-state index in [2.05, 4.69) is 25.6 Å². The second-order valence-corrected chi connectivity index (χ2v) is 8.79. The third-order valence-corrected chi connectivity index (χ3v) is 6.43. The van der Waals surface area contributed by atoms with E-state index in [4.69, 9.17) is 0 Å². The molecule has 1 N–H and O–H groups in total. The van der Waals surface area contributed by atoms with Crippen LogP contribution in [0, 0.1) is 6.92 Å². The van der Waals surface area contributed by atoms with Gasteiger partial charge in [0.05, 0.1) is 6.54 Å². The zero-order valence-electron chi connectivity index (χ0n) is 17.1. The van der Waals surface area contributed by atoms with Crippen molar-refractivity contribution in [3.05, 3.63) is 51.5 Å². The van der Waals surface area contributed by atoms with E-state index in [0.29, 0.717) is 42.2 Å². The van der Waals surface area contributed by atoms with E-state index < -0.39 is 17.3 Å². The summed E-state index contributed by atoms with van der Waals surface area (Å²) < 4.78 is 27.1. The first-order valence-corrected chi connectivity index (χ1v) is 11.0. The van der Waals surface area contributed by atoms with Crippen molar-refractivity contribution >= 4 is 28.3 Å². The van der Waals surface area contributed by atoms with Gasteiger partial charge in [0, 0.05) is 30.5 Å². The summed E-state index contributed by atoms with van der Waals surface area (Å²) in [5, 5.41) is 13.4. The topological polar surface area (TPSA) is 106 Å². The molecule has 0 saturated heterocycles. The second-order valence-electron chi connectivity index (χ2n) is 7.78. The molecule has 4 heterocycles. The Morgan fingerprint density at radius 3 is 2.81 bits per heavy atom. The van der Waals surface area contributed by atoms with E-state index in [9.17, 15) is 18.4 Å². The number of aryl methyl sites for hydroxylation is 1. The predicted octanol–water partition coefficient (Wildman–Crippen LogP) is 3.16. The molecule has 166 valence electrons. The molecule has 1 aliphatic carbocycles. The van der Waals surface area contributed by atoms with E-state index in [1.54, 1.807) is 15.8 Å². The molecule has 0 bridgehead atoms. The van der Waals surface area contributed by atoms with Crippen molar-refractivity contribution in [2.75, 3.05) is 11.9 Å². The quantitative estimate of drug-likeness (QED) is 0.607. The van der Waals surface area contributed by atoms with Crippen LogP contribution in [0.25, 0.3) is 0 Å². The minimum atomic E-state index is -2.76. The molecule has 0 unspecified atom stereocenters. The number of halogens is 2. The van der Waals surface area contributed by atoms with Crippen molar-refractivity contribution in [2.45, 2.75) is 45.2 Å². The summed E-state index contributed by atoms with van der Waals surface area (Å²) >= 11 is 0.612. The normalized spacial score (nSPS) is 15.9. The minimum Gasteiger partial charge on any atom is -0.331 e. The Hall–Kier alpha value is -3.28. The Kier molecular flexibility index (Phi) is 5.16. The number of alkyl halides is 2. The average molecular weight is 459 g/mol. The van der Waals surface area contributed by atoms with Crippen molar-refractivity contribution in [3.8, 4) is 0 Å². The number of nitrogens with zero attached hydrogens (tertiary/aromatic N) is 6. The minimum absolute atomic E-state index is 0.0296. The third kappa shape index (κ3) is 3.74. The Labute approximate surface area is 185 Å². The van der Waals surface area contributed by atoms with Gasteiger partial charge in [0.25, 0.3) is 18.2 Å². The highest BCUT2D eigenvalue weighted by Gasteiger charge is 2.40. The Bertz CT molecular complexity index is 1200. The fraction of sp³-hybridized carbons (Fsp3) is 0.400. The maximum absolute atomic E-state index is 13.4. The van der Waals surface area contributed by atoms with E-state index in [1.165, 1.54) is 0 Å². The highest BCUT2D eigenvalue weighted by molar-refractivity contribution is 7.15. The summed E-state index contributed by atoms with van der Waals surface area (Å²) in [4.78, 5) is 32.3. The number of aromatic nitrogens is 5. The molecule has 1 saturated carbocycles. The molecule has 1 fully saturated rings. The standard InChI is InChI=1S/C20H19F2N7O2S/c1-10-12(3-2-6-23-10)9-28-7-8-29-15(19(28)31)13(11-4-5-11)14(27-29)17(30)24-20-26-25-18(32-20)16(21)22/h2-3,6,11,16H,4-5,7-9H2,1H3,(H,24,26,30). The average Bonchev–Trinajstić information content (AvgIpc) is 3.35. The lowest BCUT2D eigenvalue weighted by molar-refractivity contribution is 0.0681. The molecule has 0 aromatic carbocycles. The van der Waals surface area contributed by atoms with Crippen LogP contribution in [0.1, 0.15) is 68.0 Å². The third-order valence-electron chi connectivity index (χ3n) is 5.59. The Morgan fingerprint density at radius 2 is 2.12 bits per heavy atom. The van der Waals surface area contributed by atoms with Gasteiger partial charge in [0.2, 0.25) is 5.13 Å². The zero-order valence-corrected chi connectivity index (χ0v) is 17.9. The number of anilines is 1. The molecule has 2 amide bonds. The van der Waals surface area contributed by atoms with Gasteiger partial charge < -0.3 is 4.90 Å². The van der Waals surface area contributed by atoms with Gasteiger partial charge in [-0.25, -0.2) is 8.78 Å². The highest BCUT2D eigenvalue weighted by atomic mass is 32.1. The number of nitrogens with one attached hydrogen (secondary N) is 1. The Morgan fingerprint density at radius 1 is 1.31 bits per heavy atom. The molecule has 1 aliphatic heterocycles. The van der Waals surface area contributed by atoms with Gasteiger partial charge in [-0.1, -0.05) is 17.4 Å². The summed E-state index contributed by atoms with van der Waals surface area (Å²) in [5.74, 6) is -0.674. The molecule has 5 rings (SSSR count). The van der Waals surface area contributed by atoms with Gasteiger partial charge in [-0.05, 0) is 37.3 Å². The number of carbonyl (C=O) groups excluding carboxylic acids is 2. The molecular formula is C20H19F2N7O2S. The molecule has 0 spiro atoms. The van der Waals surface area contributed by atoms with E-state index in [0.717, 1.165) is 24.1 Å². The van der Waals surface area contributed by atoms with Crippen molar-refractivity contribution in [1.82, 2.24) is 29.9 Å². The Balaban J connectivity index is 1.43. The van der Waals surface area contributed by atoms with Crippen molar-refractivity contribution < 1.29 is 18.4 Å². The zero-order chi connectivity index (χ0) is 22.4. The van der Waals surface area contributed by atoms with Crippen LogP contribution in [0.3, 0.4) is 0 Å². The first kappa shape index (κ1) is 20.6. The van der Waals surface area contributed by atoms with Crippen LogP contribution in [-0.2, 0) is 13.1 Å². The first-order valence-electron chi connectivity index (χ1n) is 10.2. The molecule has 2 aliphatic rings. The molecule has 3 aromatic rings. The van der Waals surface area contributed by atoms with Gasteiger partial charge >= 0.3 is 0 Å². The van der Waals surface area contributed by atoms with Crippen molar-refractivity contribution in [2.24, 2.45) is 0 Å². The van der Waals surface area contributed by atoms with Gasteiger partial charge in [-0.15, -0.1) is 10.2 Å². The lowest BCUT2D eigenvalue weighted by atomic mass is 10.0. The van der Waals surface area contributed by atoms with E-state index in [1.807, 2.05) is 19.1 Å². The molecule has 0 radical (unpaired) electrons. The van der Waals surface area contributed by atoms with Crippen LogP contribution in [0.2, 0.25) is 0 Å². The number of pyridine rings is 1. The van der Waals surface area contributed by atoms with Crippen LogP contribution in [0.5, 0.6) is 0 Å².